The zero-order valence-electron chi connectivity index (χ0n) is 16.5. The van der Waals surface area contributed by atoms with Gasteiger partial charge in [0.15, 0.2) is 4.77 Å². The summed E-state index contributed by atoms with van der Waals surface area (Å²) in [5.41, 5.74) is 0.376. The minimum absolute atomic E-state index is 0.0744. The molecule has 1 unspecified atom stereocenters. The van der Waals surface area contributed by atoms with Gasteiger partial charge in [-0.05, 0) is 67.7 Å². The van der Waals surface area contributed by atoms with E-state index >= 15 is 0 Å². The fourth-order valence-corrected chi connectivity index (χ4v) is 3.69. The Morgan fingerprint density at radius 3 is 2.03 bits per heavy atom. The van der Waals surface area contributed by atoms with Gasteiger partial charge < -0.3 is 9.84 Å². The molecule has 3 aromatic rings. The Morgan fingerprint density at radius 2 is 1.55 bits per heavy atom. The Balaban J connectivity index is 2.32. The number of benzene rings is 2. The molecule has 0 aliphatic heterocycles. The summed E-state index contributed by atoms with van der Waals surface area (Å²) in [6.45, 7) is 1.52. The van der Waals surface area contributed by atoms with E-state index in [9.17, 15) is 14.7 Å². The molecule has 0 saturated heterocycles. The van der Waals surface area contributed by atoms with E-state index in [1.54, 1.807) is 48.5 Å². The molecule has 0 amide bonds. The molecule has 0 spiro atoms. The molecule has 0 radical (unpaired) electrons. The van der Waals surface area contributed by atoms with Crippen LogP contribution in [0.4, 0.5) is 0 Å². The van der Waals surface area contributed by atoms with Gasteiger partial charge >= 0.3 is 5.97 Å². The van der Waals surface area contributed by atoms with E-state index in [-0.39, 0.29) is 16.2 Å². The van der Waals surface area contributed by atoms with Gasteiger partial charge in [0.05, 0.1) is 18.5 Å². The molecule has 31 heavy (non-hydrogen) atoms. The molecule has 1 N–H and O–H groups in total. The molecule has 1 atom stereocenters. The SMILES string of the molecule is COC(=O)C(C)N=Cc1c(O)n(-c2ccc(Br)cc2)c(=S)n(-c2ccc(Br)cc2)c1=O. The maximum Gasteiger partial charge on any atom is 0.330 e. The smallest absolute Gasteiger partial charge is 0.330 e. The van der Waals surface area contributed by atoms with Crippen LogP contribution < -0.4 is 5.56 Å². The summed E-state index contributed by atoms with van der Waals surface area (Å²) in [5, 5.41) is 11.0. The molecule has 1 aromatic heterocycles. The van der Waals surface area contributed by atoms with Crippen molar-refractivity contribution >= 4 is 56.3 Å². The van der Waals surface area contributed by atoms with Gasteiger partial charge in [-0.1, -0.05) is 31.9 Å². The molecule has 160 valence electrons. The summed E-state index contributed by atoms with van der Waals surface area (Å²) < 4.78 is 9.08. The Kier molecular flexibility index (Phi) is 7.24. The van der Waals surface area contributed by atoms with Crippen LogP contribution in [-0.4, -0.2) is 39.6 Å². The van der Waals surface area contributed by atoms with E-state index < -0.39 is 17.6 Å². The molecular formula is C21H17Br2N3O4S. The third kappa shape index (κ3) is 4.86. The minimum Gasteiger partial charge on any atom is -0.494 e. The fraction of sp³-hybridized carbons (Fsp3) is 0.143. The summed E-state index contributed by atoms with van der Waals surface area (Å²) in [6.07, 6.45) is 1.17. The van der Waals surface area contributed by atoms with E-state index in [4.69, 9.17) is 12.2 Å². The normalized spacial score (nSPS) is 12.1. The van der Waals surface area contributed by atoms with E-state index in [1.165, 1.54) is 29.4 Å². The number of halogens is 2. The molecule has 0 aliphatic carbocycles. The molecule has 0 saturated carbocycles. The number of nitrogens with zero attached hydrogens (tertiary/aromatic N) is 3. The highest BCUT2D eigenvalue weighted by Crippen LogP contribution is 2.23. The second-order valence-electron chi connectivity index (χ2n) is 6.43. The maximum atomic E-state index is 13.3. The number of carbonyl (C=O) groups is 1. The number of rotatable bonds is 5. The van der Waals surface area contributed by atoms with Crippen LogP contribution in [0.25, 0.3) is 11.4 Å². The summed E-state index contributed by atoms with van der Waals surface area (Å²) in [5.74, 6) is -0.948. The van der Waals surface area contributed by atoms with Crippen molar-refractivity contribution in [1.29, 1.82) is 0 Å². The number of carbonyl (C=O) groups excluding carboxylic acids is 1. The number of aliphatic imine (C=N–C) groups is 1. The highest BCUT2D eigenvalue weighted by atomic mass is 79.9. The third-order valence-electron chi connectivity index (χ3n) is 4.41. The lowest BCUT2D eigenvalue weighted by molar-refractivity contribution is -0.141. The number of ether oxygens (including phenoxy) is 1. The van der Waals surface area contributed by atoms with Crippen LogP contribution in [-0.2, 0) is 9.53 Å². The number of hydrogen-bond donors (Lipinski definition) is 1. The molecule has 0 bridgehead atoms. The van der Waals surface area contributed by atoms with Crippen LogP contribution in [0.3, 0.4) is 0 Å². The Hall–Kier alpha value is -2.56. The molecule has 7 nitrogen and oxygen atoms in total. The first-order chi connectivity index (χ1) is 14.7. The van der Waals surface area contributed by atoms with Gasteiger partial charge in [-0.25, -0.2) is 4.79 Å². The van der Waals surface area contributed by atoms with Gasteiger partial charge in [-0.2, -0.15) is 0 Å². The van der Waals surface area contributed by atoms with Crippen LogP contribution in [0.2, 0.25) is 0 Å². The molecule has 10 heteroatoms. The first-order valence-corrected chi connectivity index (χ1v) is 11.0. The second kappa shape index (κ2) is 9.71. The molecule has 0 aliphatic rings. The third-order valence-corrected chi connectivity index (χ3v) is 5.83. The zero-order valence-corrected chi connectivity index (χ0v) is 20.4. The van der Waals surface area contributed by atoms with Crippen molar-refractivity contribution < 1.29 is 14.6 Å². The predicted molar refractivity (Wildman–Crippen MR) is 128 cm³/mol. The fourth-order valence-electron chi connectivity index (χ4n) is 2.79. The van der Waals surface area contributed by atoms with Crippen LogP contribution >= 0.6 is 44.1 Å². The Labute approximate surface area is 199 Å². The Morgan fingerprint density at radius 1 is 1.06 bits per heavy atom. The standard InChI is InChI=1S/C21H17Br2N3O4S/c1-12(20(29)30-2)24-11-17-18(27)25(15-7-3-13(22)4-8-15)21(31)26(19(17)28)16-9-5-14(23)6-10-16/h3-12,27H,1-2H3. The molecule has 1 heterocycles. The van der Waals surface area contributed by atoms with Crippen molar-refractivity contribution in [2.45, 2.75) is 13.0 Å². The highest BCUT2D eigenvalue weighted by molar-refractivity contribution is 9.10. The maximum absolute atomic E-state index is 13.3. The number of aromatic hydroxyl groups is 1. The van der Waals surface area contributed by atoms with E-state index in [2.05, 4.69) is 41.6 Å². The van der Waals surface area contributed by atoms with Crippen molar-refractivity contribution in [2.75, 3.05) is 7.11 Å². The number of methoxy groups -OCH3 is 1. The van der Waals surface area contributed by atoms with Crippen LogP contribution in [0.1, 0.15) is 12.5 Å². The average Bonchev–Trinajstić information content (AvgIpc) is 2.75. The summed E-state index contributed by atoms with van der Waals surface area (Å²) in [7, 11) is 1.25. The van der Waals surface area contributed by atoms with Gasteiger partial charge in [0.25, 0.3) is 5.56 Å². The Bertz CT molecular complexity index is 1270. The van der Waals surface area contributed by atoms with Crippen molar-refractivity contribution in [1.82, 2.24) is 9.13 Å². The van der Waals surface area contributed by atoms with Crippen LogP contribution in [0, 0.1) is 4.77 Å². The van der Waals surface area contributed by atoms with Crippen molar-refractivity contribution in [2.24, 2.45) is 4.99 Å². The molecule has 0 fully saturated rings. The molecular weight excluding hydrogens is 550 g/mol. The van der Waals surface area contributed by atoms with E-state index in [0.29, 0.717) is 11.4 Å². The molecule has 3 rings (SSSR count). The first-order valence-electron chi connectivity index (χ1n) is 8.98. The summed E-state index contributed by atoms with van der Waals surface area (Å²) in [4.78, 5) is 29.0. The van der Waals surface area contributed by atoms with Gasteiger partial charge in [0.1, 0.15) is 11.6 Å². The second-order valence-corrected chi connectivity index (χ2v) is 8.62. The zero-order chi connectivity index (χ0) is 22.7. The summed E-state index contributed by atoms with van der Waals surface area (Å²) in [6, 6.07) is 13.2. The lowest BCUT2D eigenvalue weighted by Crippen LogP contribution is -2.27. The van der Waals surface area contributed by atoms with Crippen molar-refractivity contribution in [3.63, 3.8) is 0 Å². The predicted octanol–water partition coefficient (Wildman–Crippen LogP) is 4.57. The van der Waals surface area contributed by atoms with Gasteiger partial charge in [-0.3, -0.25) is 18.9 Å². The number of hydrogen-bond acceptors (Lipinski definition) is 6. The highest BCUT2D eigenvalue weighted by Gasteiger charge is 2.19. The molecule has 2 aromatic carbocycles. The van der Waals surface area contributed by atoms with Gasteiger partial charge in [0.2, 0.25) is 5.88 Å². The lowest BCUT2D eigenvalue weighted by atomic mass is 10.2. The average molecular weight is 567 g/mol. The van der Waals surface area contributed by atoms with E-state index in [1.807, 2.05) is 0 Å². The van der Waals surface area contributed by atoms with Crippen LogP contribution in [0.5, 0.6) is 5.88 Å². The van der Waals surface area contributed by atoms with Gasteiger partial charge in [0, 0.05) is 15.2 Å². The van der Waals surface area contributed by atoms with Crippen molar-refractivity contribution in [3.05, 3.63) is 78.2 Å². The first kappa shape index (κ1) is 23.1. The van der Waals surface area contributed by atoms with Crippen molar-refractivity contribution in [3.8, 4) is 17.3 Å². The van der Waals surface area contributed by atoms with E-state index in [0.717, 1.165) is 8.95 Å². The summed E-state index contributed by atoms with van der Waals surface area (Å²) >= 11 is 12.3. The quantitative estimate of drug-likeness (QED) is 0.278. The number of esters is 1. The van der Waals surface area contributed by atoms with Crippen LogP contribution in [0.15, 0.2) is 67.3 Å². The minimum atomic E-state index is -0.853. The lowest BCUT2D eigenvalue weighted by Gasteiger charge is -2.16. The monoisotopic (exact) mass is 565 g/mol. The topological polar surface area (TPSA) is 85.8 Å². The number of aromatic nitrogens is 2. The largest absolute Gasteiger partial charge is 0.494 e. The van der Waals surface area contributed by atoms with Gasteiger partial charge in [-0.15, -0.1) is 0 Å².